The van der Waals surface area contributed by atoms with Gasteiger partial charge in [-0.05, 0) is 78.3 Å². The number of nitrogens with one attached hydrogen (secondary N) is 1. The number of rotatable bonds is 9. The van der Waals surface area contributed by atoms with Crippen LogP contribution < -0.4 is 15.8 Å². The van der Waals surface area contributed by atoms with Crippen LogP contribution in [0.2, 0.25) is 0 Å². The average Bonchev–Trinajstić information content (AvgIpc) is 3.66. The minimum Gasteiger partial charge on any atom is -0.496 e. The Labute approximate surface area is 251 Å². The summed E-state index contributed by atoms with van der Waals surface area (Å²) in [6, 6.07) is 32.0. The van der Waals surface area contributed by atoms with Gasteiger partial charge < -0.3 is 19.8 Å². The number of benzene rings is 4. The largest absolute Gasteiger partial charge is 0.496 e. The van der Waals surface area contributed by atoms with Crippen molar-refractivity contribution < 1.29 is 19.1 Å². The van der Waals surface area contributed by atoms with Gasteiger partial charge in [-0.1, -0.05) is 66.7 Å². The molecule has 0 unspecified atom stereocenters. The molecule has 0 radical (unpaired) electrons. The molecule has 5 aromatic rings. The van der Waals surface area contributed by atoms with Crippen molar-refractivity contribution in [3.8, 4) is 5.75 Å². The highest BCUT2D eigenvalue weighted by atomic mass is 16.6. The highest BCUT2D eigenvalue weighted by molar-refractivity contribution is 5.94. The molecule has 0 aliphatic heterocycles. The molecule has 7 nitrogen and oxygen atoms in total. The second kappa shape index (κ2) is 12.4. The van der Waals surface area contributed by atoms with E-state index in [2.05, 4.69) is 70.7 Å². The van der Waals surface area contributed by atoms with Crippen LogP contribution in [0.4, 0.5) is 10.5 Å². The zero-order chi connectivity index (χ0) is 29.8. The van der Waals surface area contributed by atoms with Crippen LogP contribution in [0.25, 0.3) is 10.9 Å². The molecule has 43 heavy (non-hydrogen) atoms. The Morgan fingerprint density at radius 1 is 0.884 bits per heavy atom. The van der Waals surface area contributed by atoms with E-state index in [0.29, 0.717) is 23.4 Å². The van der Waals surface area contributed by atoms with Gasteiger partial charge in [0.25, 0.3) is 0 Å². The SMILES string of the molecule is COc1cc(C(N)=O)ccc1Cc1cn(C(c2ccccc2)c2ccccc2)c2ccc(NC(=O)OC3CCCC3)cc12. The van der Waals surface area contributed by atoms with Crippen LogP contribution in [-0.2, 0) is 11.2 Å². The monoisotopic (exact) mass is 573 g/mol. The third-order valence-electron chi connectivity index (χ3n) is 8.20. The Balaban J connectivity index is 1.45. The number of fused-ring (bicyclic) bond motifs is 1. The van der Waals surface area contributed by atoms with Gasteiger partial charge in [0.2, 0.25) is 5.91 Å². The van der Waals surface area contributed by atoms with Gasteiger partial charge in [-0.15, -0.1) is 0 Å². The molecule has 1 aromatic heterocycles. The molecule has 3 N–H and O–H groups in total. The molecule has 4 aromatic carbocycles. The van der Waals surface area contributed by atoms with Gasteiger partial charge in [-0.3, -0.25) is 10.1 Å². The van der Waals surface area contributed by atoms with Gasteiger partial charge in [-0.2, -0.15) is 0 Å². The number of carbonyl (C=O) groups is 2. The smallest absolute Gasteiger partial charge is 0.411 e. The molecule has 1 heterocycles. The molecule has 1 fully saturated rings. The number of aromatic nitrogens is 1. The topological polar surface area (TPSA) is 95.6 Å². The summed E-state index contributed by atoms with van der Waals surface area (Å²) in [5.41, 5.74) is 11.9. The third kappa shape index (κ3) is 6.11. The lowest BCUT2D eigenvalue weighted by Crippen LogP contribution is -2.20. The van der Waals surface area contributed by atoms with Crippen molar-refractivity contribution in [2.24, 2.45) is 5.73 Å². The standard InChI is InChI=1S/C36H35N3O4/c1-42-33-21-27(35(37)40)17-16-26(33)20-28-23-39(34(24-10-4-2-5-11-24)25-12-6-3-7-13-25)32-19-18-29(22-31(28)32)38-36(41)43-30-14-8-9-15-30/h2-7,10-13,16-19,21-23,30,34H,8-9,14-15,20H2,1H3,(H2,37,40)(H,38,41). The van der Waals surface area contributed by atoms with Crippen LogP contribution >= 0.6 is 0 Å². The van der Waals surface area contributed by atoms with E-state index >= 15 is 0 Å². The van der Waals surface area contributed by atoms with E-state index in [1.807, 2.05) is 30.3 Å². The first-order valence-electron chi connectivity index (χ1n) is 14.7. The first-order valence-corrected chi connectivity index (χ1v) is 14.7. The van der Waals surface area contributed by atoms with Crippen molar-refractivity contribution in [2.75, 3.05) is 12.4 Å². The first kappa shape index (κ1) is 28.1. The van der Waals surface area contributed by atoms with E-state index in [0.717, 1.165) is 58.8 Å². The van der Waals surface area contributed by atoms with Crippen molar-refractivity contribution in [3.05, 3.63) is 131 Å². The third-order valence-corrected chi connectivity index (χ3v) is 8.20. The highest BCUT2D eigenvalue weighted by Crippen LogP contribution is 2.36. The van der Waals surface area contributed by atoms with Crippen LogP contribution in [0.1, 0.15) is 64.3 Å². The zero-order valence-corrected chi connectivity index (χ0v) is 24.2. The summed E-state index contributed by atoms with van der Waals surface area (Å²) in [6.45, 7) is 0. The molecular formula is C36H35N3O4. The van der Waals surface area contributed by atoms with Crippen molar-refractivity contribution >= 4 is 28.6 Å². The van der Waals surface area contributed by atoms with Crippen molar-refractivity contribution in [2.45, 2.75) is 44.2 Å². The molecule has 0 saturated heterocycles. The molecule has 2 amide bonds. The summed E-state index contributed by atoms with van der Waals surface area (Å²) >= 11 is 0. The lowest BCUT2D eigenvalue weighted by molar-refractivity contribution is 0.0999. The lowest BCUT2D eigenvalue weighted by atomic mass is 9.98. The van der Waals surface area contributed by atoms with Crippen molar-refractivity contribution in [3.63, 3.8) is 0 Å². The van der Waals surface area contributed by atoms with Crippen LogP contribution in [0.15, 0.2) is 103 Å². The van der Waals surface area contributed by atoms with Gasteiger partial charge in [0, 0.05) is 34.8 Å². The Hall–Kier alpha value is -5.04. The van der Waals surface area contributed by atoms with Gasteiger partial charge >= 0.3 is 6.09 Å². The Morgan fingerprint density at radius 3 is 2.19 bits per heavy atom. The predicted octanol–water partition coefficient (Wildman–Crippen LogP) is 7.47. The van der Waals surface area contributed by atoms with E-state index in [4.69, 9.17) is 15.2 Å². The second-order valence-electron chi connectivity index (χ2n) is 11.0. The summed E-state index contributed by atoms with van der Waals surface area (Å²) in [4.78, 5) is 24.6. The van der Waals surface area contributed by atoms with Gasteiger partial charge in [0.15, 0.2) is 0 Å². The average molecular weight is 574 g/mol. The van der Waals surface area contributed by atoms with Crippen LogP contribution in [0, 0.1) is 0 Å². The molecule has 1 aliphatic carbocycles. The number of amides is 2. The summed E-state index contributed by atoms with van der Waals surface area (Å²) < 4.78 is 13.6. The number of primary amides is 1. The van der Waals surface area contributed by atoms with Crippen LogP contribution in [0.3, 0.4) is 0 Å². The quantitative estimate of drug-likeness (QED) is 0.191. The van der Waals surface area contributed by atoms with E-state index in [9.17, 15) is 9.59 Å². The number of hydrogen-bond donors (Lipinski definition) is 2. The summed E-state index contributed by atoms with van der Waals surface area (Å²) in [6.07, 6.45) is 6.28. The maximum Gasteiger partial charge on any atom is 0.411 e. The summed E-state index contributed by atoms with van der Waals surface area (Å²) in [7, 11) is 1.59. The Kier molecular flexibility index (Phi) is 8.13. The van der Waals surface area contributed by atoms with Gasteiger partial charge in [0.05, 0.1) is 13.2 Å². The number of nitrogens with zero attached hydrogens (tertiary/aromatic N) is 1. The number of methoxy groups -OCH3 is 1. The number of carbonyl (C=O) groups excluding carboxylic acids is 2. The predicted molar refractivity (Wildman–Crippen MR) is 169 cm³/mol. The molecule has 0 spiro atoms. The number of hydrogen-bond acceptors (Lipinski definition) is 4. The molecule has 6 rings (SSSR count). The van der Waals surface area contributed by atoms with Crippen LogP contribution in [-0.4, -0.2) is 29.8 Å². The van der Waals surface area contributed by atoms with Crippen molar-refractivity contribution in [1.29, 1.82) is 0 Å². The second-order valence-corrected chi connectivity index (χ2v) is 11.0. The molecule has 0 bridgehead atoms. The molecule has 0 atom stereocenters. The minimum atomic E-state index is -0.504. The Morgan fingerprint density at radius 2 is 1.56 bits per heavy atom. The maximum atomic E-state index is 12.7. The first-order chi connectivity index (χ1) is 21.0. The summed E-state index contributed by atoms with van der Waals surface area (Å²) in [5, 5.41) is 3.95. The minimum absolute atomic E-state index is 0.0197. The number of ether oxygens (including phenoxy) is 2. The fourth-order valence-corrected chi connectivity index (χ4v) is 6.10. The fourth-order valence-electron chi connectivity index (χ4n) is 6.10. The highest BCUT2D eigenvalue weighted by Gasteiger charge is 2.23. The number of anilines is 1. The molecule has 218 valence electrons. The fraction of sp³-hybridized carbons (Fsp3) is 0.222. The van der Waals surface area contributed by atoms with Crippen molar-refractivity contribution in [1.82, 2.24) is 4.57 Å². The van der Waals surface area contributed by atoms with Gasteiger partial charge in [0.1, 0.15) is 11.9 Å². The molecular weight excluding hydrogens is 538 g/mol. The zero-order valence-electron chi connectivity index (χ0n) is 24.2. The maximum absolute atomic E-state index is 12.7. The normalized spacial score (nSPS) is 13.3. The number of nitrogens with two attached hydrogens (primary N) is 1. The van der Waals surface area contributed by atoms with E-state index < -0.39 is 12.0 Å². The molecule has 7 heteroatoms. The lowest BCUT2D eigenvalue weighted by Gasteiger charge is -2.22. The van der Waals surface area contributed by atoms with Gasteiger partial charge in [-0.25, -0.2) is 4.79 Å². The summed E-state index contributed by atoms with van der Waals surface area (Å²) in [5.74, 6) is 0.0875. The van der Waals surface area contributed by atoms with E-state index in [1.165, 1.54) is 0 Å². The Bertz CT molecular complexity index is 1700. The molecule has 1 saturated carbocycles. The van der Waals surface area contributed by atoms with Crippen LogP contribution in [0.5, 0.6) is 5.75 Å². The van der Waals surface area contributed by atoms with E-state index in [-0.39, 0.29) is 12.1 Å². The molecule has 1 aliphatic rings. The van der Waals surface area contributed by atoms with E-state index in [1.54, 1.807) is 19.2 Å².